The van der Waals surface area contributed by atoms with E-state index >= 15 is 0 Å². The van der Waals surface area contributed by atoms with Crippen LogP contribution < -0.4 is 21.3 Å². The monoisotopic (exact) mass is 341 g/mol. The summed E-state index contributed by atoms with van der Waals surface area (Å²) in [5.41, 5.74) is 6.71. The van der Waals surface area contributed by atoms with Crippen molar-refractivity contribution in [1.82, 2.24) is 20.6 Å². The van der Waals surface area contributed by atoms with Gasteiger partial charge in [-0.25, -0.2) is 4.68 Å². The molecule has 0 fully saturated rings. The van der Waals surface area contributed by atoms with Gasteiger partial charge >= 0.3 is 0 Å². The van der Waals surface area contributed by atoms with E-state index in [9.17, 15) is 14.4 Å². The predicted octanol–water partition coefficient (Wildman–Crippen LogP) is -0.00590. The maximum Gasteiger partial charge on any atom is 0.290 e. The number of nitrogens with zero attached hydrogens (tertiary/aromatic N) is 3. The van der Waals surface area contributed by atoms with Crippen molar-refractivity contribution in [2.45, 2.75) is 12.8 Å². The molecule has 2 N–H and O–H groups in total. The lowest BCUT2D eigenvalue weighted by molar-refractivity contribution is -0.120. The Kier molecular flexibility index (Phi) is 4.78. The fourth-order valence-corrected chi connectivity index (χ4v) is 2.80. The summed E-state index contributed by atoms with van der Waals surface area (Å²) in [4.78, 5) is 37.4. The van der Waals surface area contributed by atoms with Crippen LogP contribution in [0.4, 0.5) is 5.69 Å². The number of aromatic nitrogens is 2. The fourth-order valence-electron chi connectivity index (χ4n) is 2.80. The van der Waals surface area contributed by atoms with Gasteiger partial charge in [0.1, 0.15) is 0 Å². The molecule has 0 saturated heterocycles. The van der Waals surface area contributed by atoms with Gasteiger partial charge in [0.05, 0.1) is 6.54 Å². The minimum absolute atomic E-state index is 0.0470. The molecule has 8 nitrogen and oxygen atoms in total. The molecule has 0 aliphatic carbocycles. The largest absolute Gasteiger partial charge is 0.362 e. The summed E-state index contributed by atoms with van der Waals surface area (Å²) in [7, 11) is 1.45. The zero-order valence-corrected chi connectivity index (χ0v) is 13.9. The third kappa shape index (κ3) is 3.85. The van der Waals surface area contributed by atoms with Crippen LogP contribution in [0, 0.1) is 0 Å². The first-order valence-electron chi connectivity index (χ1n) is 8.01. The number of carbonyl (C=O) groups excluding carboxylic acids is 2. The van der Waals surface area contributed by atoms with Gasteiger partial charge in [-0.3, -0.25) is 25.2 Å². The van der Waals surface area contributed by atoms with Crippen LogP contribution in [0.3, 0.4) is 0 Å². The van der Waals surface area contributed by atoms with E-state index in [4.69, 9.17) is 0 Å². The summed E-state index contributed by atoms with van der Waals surface area (Å²) in [6.45, 7) is 0.943. The van der Waals surface area contributed by atoms with Crippen molar-refractivity contribution in [3.8, 4) is 0 Å². The number of hydrogen-bond acceptors (Lipinski definition) is 5. The highest BCUT2D eigenvalue weighted by molar-refractivity contribution is 5.94. The van der Waals surface area contributed by atoms with Gasteiger partial charge in [-0.05, 0) is 30.5 Å². The molecule has 3 rings (SSSR count). The Labute approximate surface area is 144 Å². The standard InChI is InChI=1S/C17H19N5O3/c1-21-16(24)9-8-13(20-21)17(25)19-18-15(23)11-22-10-4-6-12-5-2-3-7-14(12)22/h2-3,5,7-9H,4,6,10-11H2,1H3,(H,18,23)(H,19,25). The van der Waals surface area contributed by atoms with Crippen LogP contribution in [0.2, 0.25) is 0 Å². The number of fused-ring (bicyclic) bond motifs is 1. The lowest BCUT2D eigenvalue weighted by Crippen LogP contribution is -2.47. The Bertz CT molecular complexity index is 861. The van der Waals surface area contributed by atoms with Gasteiger partial charge in [0.15, 0.2) is 5.69 Å². The number of anilines is 1. The van der Waals surface area contributed by atoms with Crippen LogP contribution in [0.5, 0.6) is 0 Å². The molecule has 0 atom stereocenters. The van der Waals surface area contributed by atoms with Crippen molar-refractivity contribution >= 4 is 17.5 Å². The molecular formula is C17H19N5O3. The lowest BCUT2D eigenvalue weighted by atomic mass is 10.0. The molecule has 130 valence electrons. The van der Waals surface area contributed by atoms with Gasteiger partial charge in [0.25, 0.3) is 17.4 Å². The molecule has 0 unspecified atom stereocenters. The number of para-hydroxylation sites is 1. The van der Waals surface area contributed by atoms with Crippen molar-refractivity contribution in [3.63, 3.8) is 0 Å². The highest BCUT2D eigenvalue weighted by Gasteiger charge is 2.19. The molecule has 1 aliphatic rings. The molecule has 1 aromatic heterocycles. The van der Waals surface area contributed by atoms with E-state index in [2.05, 4.69) is 22.0 Å². The number of benzene rings is 1. The number of carbonyl (C=O) groups is 2. The summed E-state index contributed by atoms with van der Waals surface area (Å²) in [5.74, 6) is -0.905. The highest BCUT2D eigenvalue weighted by atomic mass is 16.2. The average Bonchev–Trinajstić information content (AvgIpc) is 2.62. The number of aryl methyl sites for hydroxylation is 2. The van der Waals surface area contributed by atoms with E-state index in [1.54, 1.807) is 0 Å². The smallest absolute Gasteiger partial charge is 0.290 e. The molecular weight excluding hydrogens is 322 g/mol. The summed E-state index contributed by atoms with van der Waals surface area (Å²) in [6, 6.07) is 10.5. The molecule has 2 heterocycles. The number of rotatable bonds is 3. The maximum absolute atomic E-state index is 12.1. The Balaban J connectivity index is 1.57. The van der Waals surface area contributed by atoms with Gasteiger partial charge in [0.2, 0.25) is 0 Å². The first-order chi connectivity index (χ1) is 12.0. The quantitative estimate of drug-likeness (QED) is 0.766. The number of hydrazine groups is 1. The summed E-state index contributed by atoms with van der Waals surface area (Å²) in [6.07, 6.45) is 1.99. The van der Waals surface area contributed by atoms with Crippen molar-refractivity contribution in [2.24, 2.45) is 7.05 Å². The molecule has 1 aliphatic heterocycles. The molecule has 0 radical (unpaired) electrons. The third-order valence-electron chi connectivity index (χ3n) is 4.05. The molecule has 0 bridgehead atoms. The van der Waals surface area contributed by atoms with Crippen LogP contribution in [-0.4, -0.2) is 34.7 Å². The van der Waals surface area contributed by atoms with Crippen LogP contribution in [0.15, 0.2) is 41.2 Å². The normalized spacial score (nSPS) is 13.1. The van der Waals surface area contributed by atoms with Crippen LogP contribution in [-0.2, 0) is 18.3 Å². The second-order valence-corrected chi connectivity index (χ2v) is 5.84. The van der Waals surface area contributed by atoms with Gasteiger partial charge in [-0.1, -0.05) is 18.2 Å². The van der Waals surface area contributed by atoms with Crippen LogP contribution in [0.25, 0.3) is 0 Å². The SMILES string of the molecule is Cn1nc(C(=O)NNC(=O)CN2CCCc3ccccc32)ccc1=O. The van der Waals surface area contributed by atoms with Crippen molar-refractivity contribution in [2.75, 3.05) is 18.0 Å². The Morgan fingerprint density at radius 2 is 1.96 bits per heavy atom. The number of hydrogen-bond donors (Lipinski definition) is 2. The highest BCUT2D eigenvalue weighted by Crippen LogP contribution is 2.26. The second-order valence-electron chi connectivity index (χ2n) is 5.84. The third-order valence-corrected chi connectivity index (χ3v) is 4.05. The lowest BCUT2D eigenvalue weighted by Gasteiger charge is -2.30. The zero-order valence-electron chi connectivity index (χ0n) is 13.9. The average molecular weight is 341 g/mol. The molecule has 1 aromatic carbocycles. The molecule has 2 amide bonds. The summed E-state index contributed by atoms with van der Waals surface area (Å²) in [5, 5.41) is 3.83. The van der Waals surface area contributed by atoms with Gasteiger partial charge < -0.3 is 4.90 Å². The number of nitrogens with one attached hydrogen (secondary N) is 2. The Hall–Kier alpha value is -3.16. The minimum Gasteiger partial charge on any atom is -0.362 e. The van der Waals surface area contributed by atoms with E-state index in [0.29, 0.717) is 0 Å². The van der Waals surface area contributed by atoms with E-state index in [-0.39, 0.29) is 23.7 Å². The topological polar surface area (TPSA) is 96.3 Å². The van der Waals surface area contributed by atoms with E-state index in [0.717, 1.165) is 29.8 Å². The fraction of sp³-hybridized carbons (Fsp3) is 0.294. The van der Waals surface area contributed by atoms with Crippen LogP contribution >= 0.6 is 0 Å². The molecule has 0 spiro atoms. The molecule has 2 aromatic rings. The molecule has 25 heavy (non-hydrogen) atoms. The summed E-state index contributed by atoms with van der Waals surface area (Å²) < 4.78 is 1.06. The van der Waals surface area contributed by atoms with E-state index < -0.39 is 5.91 Å². The molecule has 0 saturated carbocycles. The first kappa shape index (κ1) is 16.7. The summed E-state index contributed by atoms with van der Waals surface area (Å²) >= 11 is 0. The Morgan fingerprint density at radius 1 is 1.16 bits per heavy atom. The number of amides is 2. The van der Waals surface area contributed by atoms with Crippen molar-refractivity contribution < 1.29 is 9.59 Å². The van der Waals surface area contributed by atoms with Gasteiger partial charge in [-0.2, -0.15) is 5.10 Å². The van der Waals surface area contributed by atoms with E-state index in [1.807, 2.05) is 23.1 Å². The predicted molar refractivity (Wildman–Crippen MR) is 92.1 cm³/mol. The van der Waals surface area contributed by atoms with Gasteiger partial charge in [-0.15, -0.1) is 0 Å². The van der Waals surface area contributed by atoms with Crippen molar-refractivity contribution in [3.05, 3.63) is 58.0 Å². The maximum atomic E-state index is 12.1. The first-order valence-corrected chi connectivity index (χ1v) is 8.01. The second kappa shape index (κ2) is 7.16. The Morgan fingerprint density at radius 3 is 2.76 bits per heavy atom. The zero-order chi connectivity index (χ0) is 17.8. The van der Waals surface area contributed by atoms with Crippen LogP contribution in [0.1, 0.15) is 22.5 Å². The molecule has 8 heteroatoms. The van der Waals surface area contributed by atoms with Crippen molar-refractivity contribution in [1.29, 1.82) is 0 Å². The minimum atomic E-state index is -0.581. The van der Waals surface area contributed by atoms with E-state index in [1.165, 1.54) is 24.7 Å². The van der Waals surface area contributed by atoms with Gasteiger partial charge in [0, 0.05) is 25.3 Å².